The maximum absolute atomic E-state index is 12.6. The van der Waals surface area contributed by atoms with E-state index in [2.05, 4.69) is 20.4 Å². The molecule has 1 N–H and O–H groups in total. The molecule has 2 aromatic carbocycles. The van der Waals surface area contributed by atoms with Crippen LogP contribution in [-0.2, 0) is 4.79 Å². The molecular weight excluding hydrogens is 380 g/mol. The molecule has 3 heterocycles. The third-order valence-corrected chi connectivity index (χ3v) is 5.33. The SMILES string of the molecule is O=C(Nc1ccc(-c2ccc(N3CCCC3)nn2)cc1)C1COc2ccccc2O1. The molecule has 2 aliphatic rings. The van der Waals surface area contributed by atoms with Crippen molar-refractivity contribution in [1.82, 2.24) is 10.2 Å². The maximum Gasteiger partial charge on any atom is 0.269 e. The van der Waals surface area contributed by atoms with Crippen LogP contribution in [-0.4, -0.2) is 41.9 Å². The molecule has 1 amide bonds. The largest absolute Gasteiger partial charge is 0.485 e. The number of nitrogens with zero attached hydrogens (tertiary/aromatic N) is 3. The molecule has 0 radical (unpaired) electrons. The summed E-state index contributed by atoms with van der Waals surface area (Å²) in [4.78, 5) is 14.8. The van der Waals surface area contributed by atoms with Crippen LogP contribution in [0.1, 0.15) is 12.8 Å². The van der Waals surface area contributed by atoms with E-state index in [4.69, 9.17) is 9.47 Å². The van der Waals surface area contributed by atoms with Crippen LogP contribution in [0.25, 0.3) is 11.3 Å². The van der Waals surface area contributed by atoms with Crippen LogP contribution in [0.5, 0.6) is 11.5 Å². The smallest absolute Gasteiger partial charge is 0.269 e. The average Bonchev–Trinajstić information content (AvgIpc) is 3.34. The van der Waals surface area contributed by atoms with Crippen LogP contribution in [0.3, 0.4) is 0 Å². The molecule has 7 heteroatoms. The van der Waals surface area contributed by atoms with E-state index in [1.165, 1.54) is 12.8 Å². The van der Waals surface area contributed by atoms with Gasteiger partial charge in [-0.3, -0.25) is 4.79 Å². The minimum Gasteiger partial charge on any atom is -0.485 e. The Kier molecular flexibility index (Phi) is 4.93. The van der Waals surface area contributed by atoms with Crippen LogP contribution in [0.15, 0.2) is 60.7 Å². The van der Waals surface area contributed by atoms with Crippen molar-refractivity contribution in [2.24, 2.45) is 0 Å². The fourth-order valence-corrected chi connectivity index (χ4v) is 3.69. The van der Waals surface area contributed by atoms with Crippen LogP contribution in [0.4, 0.5) is 11.5 Å². The lowest BCUT2D eigenvalue weighted by Gasteiger charge is -2.25. The topological polar surface area (TPSA) is 76.6 Å². The lowest BCUT2D eigenvalue weighted by atomic mass is 10.1. The lowest BCUT2D eigenvalue weighted by molar-refractivity contribution is -0.125. The Morgan fingerprint density at radius 1 is 0.933 bits per heavy atom. The molecule has 1 saturated heterocycles. The summed E-state index contributed by atoms with van der Waals surface area (Å²) >= 11 is 0. The van der Waals surface area contributed by atoms with Gasteiger partial charge in [0.05, 0.1) is 5.69 Å². The van der Waals surface area contributed by atoms with Gasteiger partial charge in [-0.15, -0.1) is 10.2 Å². The summed E-state index contributed by atoms with van der Waals surface area (Å²) in [6.45, 7) is 2.27. The normalized spacial score (nSPS) is 17.6. The first-order chi connectivity index (χ1) is 14.8. The molecule has 30 heavy (non-hydrogen) atoms. The Bertz CT molecular complexity index is 1030. The molecular formula is C23H22N4O3. The molecule has 3 aromatic rings. The number of carbonyl (C=O) groups excluding carboxylic acids is 1. The van der Waals surface area contributed by atoms with E-state index >= 15 is 0 Å². The Morgan fingerprint density at radius 3 is 2.43 bits per heavy atom. The van der Waals surface area contributed by atoms with E-state index < -0.39 is 6.10 Å². The maximum atomic E-state index is 12.6. The molecule has 0 saturated carbocycles. The van der Waals surface area contributed by atoms with E-state index in [0.29, 0.717) is 17.2 Å². The van der Waals surface area contributed by atoms with Crippen molar-refractivity contribution in [2.45, 2.75) is 18.9 Å². The van der Waals surface area contributed by atoms with Gasteiger partial charge in [0.25, 0.3) is 5.91 Å². The number of hydrogen-bond donors (Lipinski definition) is 1. The van der Waals surface area contributed by atoms with Gasteiger partial charge in [0.2, 0.25) is 6.10 Å². The number of benzene rings is 2. The van der Waals surface area contributed by atoms with Crippen LogP contribution >= 0.6 is 0 Å². The summed E-state index contributed by atoms with van der Waals surface area (Å²) in [6.07, 6.45) is 1.73. The number of para-hydroxylation sites is 2. The molecule has 0 spiro atoms. The van der Waals surface area contributed by atoms with Crippen molar-refractivity contribution in [1.29, 1.82) is 0 Å². The van der Waals surface area contributed by atoms with E-state index in [0.717, 1.165) is 30.2 Å². The van der Waals surface area contributed by atoms with Gasteiger partial charge < -0.3 is 19.7 Å². The second-order valence-electron chi connectivity index (χ2n) is 7.40. The summed E-state index contributed by atoms with van der Waals surface area (Å²) in [7, 11) is 0. The first-order valence-corrected chi connectivity index (χ1v) is 10.1. The molecule has 7 nitrogen and oxygen atoms in total. The minimum absolute atomic E-state index is 0.180. The van der Waals surface area contributed by atoms with Crippen molar-refractivity contribution in [3.63, 3.8) is 0 Å². The highest BCUT2D eigenvalue weighted by molar-refractivity contribution is 5.95. The van der Waals surface area contributed by atoms with Gasteiger partial charge in [0.1, 0.15) is 6.61 Å². The van der Waals surface area contributed by atoms with Crippen molar-refractivity contribution in [3.05, 3.63) is 60.7 Å². The number of rotatable bonds is 4. The van der Waals surface area contributed by atoms with Crippen LogP contribution in [0, 0.1) is 0 Å². The number of carbonyl (C=O) groups is 1. The molecule has 1 aromatic heterocycles. The first kappa shape index (κ1) is 18.4. The van der Waals surface area contributed by atoms with E-state index in [-0.39, 0.29) is 12.5 Å². The van der Waals surface area contributed by atoms with E-state index in [9.17, 15) is 4.79 Å². The molecule has 2 aliphatic heterocycles. The number of amides is 1. The van der Waals surface area contributed by atoms with E-state index in [1.54, 1.807) is 6.07 Å². The summed E-state index contributed by atoms with van der Waals surface area (Å²) in [5, 5.41) is 11.6. The van der Waals surface area contributed by atoms with Crippen molar-refractivity contribution in [2.75, 3.05) is 29.9 Å². The number of nitrogens with one attached hydrogen (secondary N) is 1. The van der Waals surface area contributed by atoms with Gasteiger partial charge in [-0.1, -0.05) is 24.3 Å². The first-order valence-electron chi connectivity index (χ1n) is 10.1. The quantitative estimate of drug-likeness (QED) is 0.720. The summed E-state index contributed by atoms with van der Waals surface area (Å²) in [6, 6.07) is 18.9. The lowest BCUT2D eigenvalue weighted by Crippen LogP contribution is -2.40. The number of hydrogen-bond acceptors (Lipinski definition) is 6. The van der Waals surface area contributed by atoms with Gasteiger partial charge in [0, 0.05) is 24.3 Å². The third kappa shape index (κ3) is 3.78. The van der Waals surface area contributed by atoms with Gasteiger partial charge in [-0.2, -0.15) is 0 Å². The minimum atomic E-state index is -0.691. The molecule has 1 unspecified atom stereocenters. The summed E-state index contributed by atoms with van der Waals surface area (Å²) in [5.74, 6) is 1.92. The van der Waals surface area contributed by atoms with Crippen LogP contribution < -0.4 is 19.7 Å². The molecule has 1 fully saturated rings. The standard InChI is InChI=1S/C23H22N4O3/c28-23(21-15-29-19-5-1-2-6-20(19)30-21)24-17-9-7-16(8-10-17)18-11-12-22(26-25-18)27-13-3-4-14-27/h1-2,5-12,21H,3-4,13-15H2,(H,24,28). The second-order valence-corrected chi connectivity index (χ2v) is 7.40. The zero-order valence-corrected chi connectivity index (χ0v) is 16.5. The number of anilines is 2. The summed E-state index contributed by atoms with van der Waals surface area (Å²) in [5.41, 5.74) is 2.43. The van der Waals surface area contributed by atoms with Crippen molar-refractivity contribution >= 4 is 17.4 Å². The van der Waals surface area contributed by atoms with Gasteiger partial charge >= 0.3 is 0 Å². The zero-order valence-electron chi connectivity index (χ0n) is 16.5. The van der Waals surface area contributed by atoms with Gasteiger partial charge in [-0.25, -0.2) is 0 Å². The number of fused-ring (bicyclic) bond motifs is 1. The van der Waals surface area contributed by atoms with Crippen molar-refractivity contribution in [3.8, 4) is 22.8 Å². The molecule has 152 valence electrons. The predicted octanol–water partition coefficient (Wildman–Crippen LogP) is 3.52. The molecule has 5 rings (SSSR count). The average molecular weight is 402 g/mol. The number of aromatic nitrogens is 2. The second kappa shape index (κ2) is 8.02. The highest BCUT2D eigenvalue weighted by Gasteiger charge is 2.27. The number of ether oxygens (including phenoxy) is 2. The van der Waals surface area contributed by atoms with Gasteiger partial charge in [0.15, 0.2) is 17.3 Å². The zero-order chi connectivity index (χ0) is 20.3. The van der Waals surface area contributed by atoms with Crippen molar-refractivity contribution < 1.29 is 14.3 Å². The Labute approximate surface area is 174 Å². The Morgan fingerprint density at radius 2 is 1.70 bits per heavy atom. The fraction of sp³-hybridized carbons (Fsp3) is 0.261. The summed E-state index contributed by atoms with van der Waals surface area (Å²) < 4.78 is 11.4. The molecule has 0 bridgehead atoms. The molecule has 0 aliphatic carbocycles. The van der Waals surface area contributed by atoms with E-state index in [1.807, 2.05) is 54.6 Å². The predicted molar refractivity (Wildman–Crippen MR) is 114 cm³/mol. The third-order valence-electron chi connectivity index (χ3n) is 5.33. The Balaban J connectivity index is 1.22. The Hall–Kier alpha value is -3.61. The highest BCUT2D eigenvalue weighted by atomic mass is 16.6. The fourth-order valence-electron chi connectivity index (χ4n) is 3.69. The molecule has 1 atom stereocenters. The monoisotopic (exact) mass is 402 g/mol. The van der Waals surface area contributed by atoms with Gasteiger partial charge in [-0.05, 0) is 49.2 Å². The van der Waals surface area contributed by atoms with Crippen LogP contribution in [0.2, 0.25) is 0 Å². The highest BCUT2D eigenvalue weighted by Crippen LogP contribution is 2.31.